The zero-order valence-corrected chi connectivity index (χ0v) is 13.0. The summed E-state index contributed by atoms with van der Waals surface area (Å²) in [5.41, 5.74) is 6.33. The van der Waals surface area contributed by atoms with Gasteiger partial charge in [0, 0.05) is 32.6 Å². The second-order valence-electron chi connectivity index (χ2n) is 5.13. The van der Waals surface area contributed by atoms with E-state index in [-0.39, 0.29) is 0 Å². The second-order valence-corrected chi connectivity index (χ2v) is 5.13. The fourth-order valence-corrected chi connectivity index (χ4v) is 2.51. The molecule has 9 nitrogen and oxygen atoms in total. The zero-order valence-electron chi connectivity index (χ0n) is 13.0. The molecule has 0 aliphatic heterocycles. The van der Waals surface area contributed by atoms with Crippen molar-refractivity contribution < 1.29 is 4.79 Å². The van der Waals surface area contributed by atoms with E-state index < -0.39 is 5.91 Å². The first-order valence-corrected chi connectivity index (χ1v) is 7.34. The van der Waals surface area contributed by atoms with E-state index in [4.69, 9.17) is 5.73 Å². The maximum Gasteiger partial charge on any atom is 0.251 e. The molecule has 0 atom stereocenters. The molecule has 0 aliphatic rings. The minimum atomic E-state index is -0.519. The summed E-state index contributed by atoms with van der Waals surface area (Å²) >= 11 is 0. The predicted molar refractivity (Wildman–Crippen MR) is 85.0 cm³/mol. The number of hydrogen-bond donors (Lipinski definition) is 3. The van der Waals surface area contributed by atoms with Crippen molar-refractivity contribution in [2.45, 2.75) is 19.8 Å². The lowest BCUT2D eigenvalue weighted by Gasteiger charge is -2.07. The van der Waals surface area contributed by atoms with Crippen molar-refractivity contribution in [2.75, 3.05) is 11.9 Å². The number of primary amides is 1. The molecule has 0 spiro atoms. The highest BCUT2D eigenvalue weighted by Gasteiger charge is 2.15. The first-order chi connectivity index (χ1) is 11.1. The number of carbonyl (C=O) groups excluding carboxylic acids is 1. The van der Waals surface area contributed by atoms with E-state index in [0.717, 1.165) is 18.1 Å². The van der Waals surface area contributed by atoms with Crippen LogP contribution in [0, 0.1) is 0 Å². The van der Waals surface area contributed by atoms with Crippen molar-refractivity contribution in [3.63, 3.8) is 0 Å². The molecule has 3 heterocycles. The zero-order chi connectivity index (χ0) is 16.4. The van der Waals surface area contributed by atoms with Gasteiger partial charge >= 0.3 is 0 Å². The number of amides is 1. The Labute approximate surface area is 132 Å². The van der Waals surface area contributed by atoms with Gasteiger partial charge in [0.2, 0.25) is 0 Å². The van der Waals surface area contributed by atoms with Crippen LogP contribution in [0.4, 0.5) is 5.82 Å². The van der Waals surface area contributed by atoms with E-state index in [9.17, 15) is 4.79 Å². The van der Waals surface area contributed by atoms with Crippen LogP contribution >= 0.6 is 0 Å². The molecule has 0 bridgehead atoms. The van der Waals surface area contributed by atoms with Crippen molar-refractivity contribution in [3.8, 4) is 0 Å². The van der Waals surface area contributed by atoms with Crippen LogP contribution in [-0.4, -0.2) is 42.2 Å². The molecule has 0 aliphatic carbocycles. The van der Waals surface area contributed by atoms with Gasteiger partial charge in [-0.15, -0.1) is 10.2 Å². The van der Waals surface area contributed by atoms with Crippen molar-refractivity contribution in [1.82, 2.24) is 29.7 Å². The molecule has 120 valence electrons. The lowest BCUT2D eigenvalue weighted by Crippen LogP contribution is -2.13. The summed E-state index contributed by atoms with van der Waals surface area (Å²) in [6.07, 6.45) is 4.51. The fraction of sp³-hybridized carbons (Fsp3) is 0.357. The minimum absolute atomic E-state index is 0.370. The molecule has 3 rings (SSSR count). The number of rotatable bonds is 6. The molecular formula is C14H18N8O. The highest BCUT2D eigenvalue weighted by molar-refractivity contribution is 6.08. The maximum atomic E-state index is 11.5. The largest absolute Gasteiger partial charge is 0.369 e. The van der Waals surface area contributed by atoms with Gasteiger partial charge in [-0.05, 0) is 0 Å². The standard InChI is InChI=1S/C14H18N8O/c1-3-9-20-21-10(22(9)2)4-5-16-13-11-8(12(15)23)6-17-14(11)19-7-18-13/h6-7H,3-5H2,1-2H3,(H2,15,23)(H2,16,17,18,19). The lowest BCUT2D eigenvalue weighted by molar-refractivity contribution is 0.100. The monoisotopic (exact) mass is 314 g/mol. The average molecular weight is 314 g/mol. The first-order valence-electron chi connectivity index (χ1n) is 7.34. The Bertz CT molecular complexity index is 850. The summed E-state index contributed by atoms with van der Waals surface area (Å²) in [7, 11) is 1.95. The Morgan fingerprint density at radius 3 is 2.83 bits per heavy atom. The number of aromatic nitrogens is 6. The summed E-state index contributed by atoms with van der Waals surface area (Å²) in [6.45, 7) is 2.64. The van der Waals surface area contributed by atoms with Crippen LogP contribution in [0.2, 0.25) is 0 Å². The Morgan fingerprint density at radius 2 is 2.13 bits per heavy atom. The van der Waals surface area contributed by atoms with Crippen LogP contribution in [0.15, 0.2) is 12.5 Å². The topological polar surface area (TPSA) is 127 Å². The third-order valence-corrected chi connectivity index (χ3v) is 3.75. The first kappa shape index (κ1) is 14.9. The van der Waals surface area contributed by atoms with Crippen molar-refractivity contribution in [1.29, 1.82) is 0 Å². The molecule has 0 fully saturated rings. The highest BCUT2D eigenvalue weighted by atomic mass is 16.1. The third-order valence-electron chi connectivity index (χ3n) is 3.75. The second kappa shape index (κ2) is 6.03. The van der Waals surface area contributed by atoms with Crippen LogP contribution < -0.4 is 11.1 Å². The van der Waals surface area contributed by atoms with Crippen molar-refractivity contribution in [2.24, 2.45) is 12.8 Å². The molecule has 3 aromatic rings. The van der Waals surface area contributed by atoms with Gasteiger partial charge in [0.05, 0.1) is 10.9 Å². The molecule has 0 aromatic carbocycles. The van der Waals surface area contributed by atoms with E-state index >= 15 is 0 Å². The smallest absolute Gasteiger partial charge is 0.251 e. The van der Waals surface area contributed by atoms with Gasteiger partial charge in [-0.2, -0.15) is 0 Å². The van der Waals surface area contributed by atoms with Gasteiger partial charge in [-0.1, -0.05) is 6.92 Å². The van der Waals surface area contributed by atoms with Gasteiger partial charge in [0.15, 0.2) is 0 Å². The summed E-state index contributed by atoms with van der Waals surface area (Å²) in [5.74, 6) is 1.90. The van der Waals surface area contributed by atoms with E-state index in [1.165, 1.54) is 6.33 Å². The number of carbonyl (C=O) groups is 1. The van der Waals surface area contributed by atoms with Gasteiger partial charge < -0.3 is 20.6 Å². The number of nitrogens with two attached hydrogens (primary N) is 1. The van der Waals surface area contributed by atoms with Crippen LogP contribution in [-0.2, 0) is 19.9 Å². The third kappa shape index (κ3) is 2.72. The number of fused-ring (bicyclic) bond motifs is 1. The molecule has 0 saturated heterocycles. The van der Waals surface area contributed by atoms with Crippen molar-refractivity contribution >= 4 is 22.8 Å². The normalized spacial score (nSPS) is 11.0. The number of aryl methyl sites for hydroxylation is 1. The summed E-state index contributed by atoms with van der Waals surface area (Å²) in [5, 5.41) is 12.1. The van der Waals surface area contributed by atoms with Crippen LogP contribution in [0.5, 0.6) is 0 Å². The Morgan fingerprint density at radius 1 is 1.35 bits per heavy atom. The molecular weight excluding hydrogens is 296 g/mol. The van der Waals surface area contributed by atoms with Crippen LogP contribution in [0.3, 0.4) is 0 Å². The highest BCUT2D eigenvalue weighted by Crippen LogP contribution is 2.22. The molecule has 0 unspecified atom stereocenters. The average Bonchev–Trinajstić information content (AvgIpc) is 3.12. The van der Waals surface area contributed by atoms with Crippen molar-refractivity contribution in [3.05, 3.63) is 29.7 Å². The molecule has 3 aromatic heterocycles. The fourth-order valence-electron chi connectivity index (χ4n) is 2.51. The molecule has 4 N–H and O–H groups in total. The molecule has 0 radical (unpaired) electrons. The summed E-state index contributed by atoms with van der Waals surface area (Å²) in [6, 6.07) is 0. The quantitative estimate of drug-likeness (QED) is 0.604. The molecule has 23 heavy (non-hydrogen) atoms. The Kier molecular flexibility index (Phi) is 3.92. The van der Waals surface area contributed by atoms with Gasteiger partial charge in [0.25, 0.3) is 5.91 Å². The Balaban J connectivity index is 1.78. The van der Waals surface area contributed by atoms with E-state index in [1.807, 2.05) is 18.5 Å². The van der Waals surface area contributed by atoms with Gasteiger partial charge in [-0.3, -0.25) is 4.79 Å². The van der Waals surface area contributed by atoms with Gasteiger partial charge in [-0.25, -0.2) is 9.97 Å². The summed E-state index contributed by atoms with van der Waals surface area (Å²) < 4.78 is 1.99. The number of H-pyrrole nitrogens is 1. The lowest BCUT2D eigenvalue weighted by atomic mass is 10.2. The van der Waals surface area contributed by atoms with E-state index in [1.54, 1.807) is 6.20 Å². The predicted octanol–water partition coefficient (Wildman–Crippen LogP) is 0.402. The SMILES string of the molecule is CCc1nnc(CCNc2ncnc3[nH]cc(C(N)=O)c23)n1C. The summed E-state index contributed by atoms with van der Waals surface area (Å²) in [4.78, 5) is 22.7. The molecule has 0 saturated carbocycles. The molecule has 9 heteroatoms. The van der Waals surface area contributed by atoms with Crippen LogP contribution in [0.1, 0.15) is 28.9 Å². The number of anilines is 1. The number of nitrogens with one attached hydrogen (secondary N) is 2. The van der Waals surface area contributed by atoms with E-state index in [0.29, 0.717) is 35.4 Å². The van der Waals surface area contributed by atoms with Crippen LogP contribution in [0.25, 0.3) is 11.0 Å². The molecule has 1 amide bonds. The number of aromatic amines is 1. The maximum absolute atomic E-state index is 11.5. The Hall–Kier alpha value is -2.97. The number of hydrogen-bond acceptors (Lipinski definition) is 6. The minimum Gasteiger partial charge on any atom is -0.369 e. The number of nitrogens with zero attached hydrogens (tertiary/aromatic N) is 5. The van der Waals surface area contributed by atoms with Gasteiger partial charge in [0.1, 0.15) is 29.4 Å². The van der Waals surface area contributed by atoms with E-state index in [2.05, 4.69) is 30.5 Å².